The normalized spacial score (nSPS) is 17.1. The van der Waals surface area contributed by atoms with E-state index in [0.29, 0.717) is 17.6 Å². The van der Waals surface area contributed by atoms with E-state index in [9.17, 15) is 13.2 Å². The van der Waals surface area contributed by atoms with Gasteiger partial charge in [-0.3, -0.25) is 4.79 Å². The van der Waals surface area contributed by atoms with Crippen molar-refractivity contribution in [3.05, 3.63) is 52.5 Å². The summed E-state index contributed by atoms with van der Waals surface area (Å²) in [5, 5.41) is -0.0436. The van der Waals surface area contributed by atoms with Crippen LogP contribution >= 0.6 is 22.9 Å². The molecule has 29 heavy (non-hydrogen) atoms. The average molecular weight is 451 g/mol. The number of thiazole rings is 1. The van der Waals surface area contributed by atoms with Gasteiger partial charge in [0.2, 0.25) is 10.0 Å². The van der Waals surface area contributed by atoms with E-state index in [4.69, 9.17) is 11.6 Å². The molecule has 1 fully saturated rings. The monoisotopic (exact) mass is 450 g/mol. The molecule has 1 amide bonds. The molecule has 7 nitrogen and oxygen atoms in total. The molecule has 3 aromatic rings. The summed E-state index contributed by atoms with van der Waals surface area (Å²) in [6, 6.07) is 10.9. The van der Waals surface area contributed by atoms with Gasteiger partial charge in [-0.1, -0.05) is 35.1 Å². The Labute approximate surface area is 177 Å². The third-order valence-electron chi connectivity index (χ3n) is 5.07. The first-order valence-corrected chi connectivity index (χ1v) is 11.7. The van der Waals surface area contributed by atoms with E-state index in [-0.39, 0.29) is 35.0 Å². The Hall–Kier alpha value is -2.07. The van der Waals surface area contributed by atoms with Crippen molar-refractivity contribution >= 4 is 49.1 Å². The van der Waals surface area contributed by atoms with Crippen LogP contribution in [0.5, 0.6) is 0 Å². The lowest BCUT2D eigenvalue weighted by atomic mass is 9.98. The standard InChI is InChI=1S/C19H19ClN4O3S2/c1-23-14-5-2-3-6-15(14)28-19(23)22-18(25)13-8-11-24(12-9-13)29(26,27)16-7-4-10-21-17(16)20/h2-7,10,13H,8-9,11-12H2,1H3. The lowest BCUT2D eigenvalue weighted by Crippen LogP contribution is -2.40. The fourth-order valence-electron chi connectivity index (χ4n) is 3.42. The maximum absolute atomic E-state index is 12.8. The van der Waals surface area contributed by atoms with Crippen LogP contribution < -0.4 is 4.80 Å². The highest BCUT2D eigenvalue weighted by molar-refractivity contribution is 7.89. The molecular weight excluding hydrogens is 432 g/mol. The number of aryl methyl sites for hydroxylation is 1. The molecule has 1 aromatic carbocycles. The van der Waals surface area contributed by atoms with Crippen LogP contribution in [0.4, 0.5) is 0 Å². The van der Waals surface area contributed by atoms with Gasteiger partial charge in [-0.2, -0.15) is 9.30 Å². The van der Waals surface area contributed by atoms with Gasteiger partial charge in [0.1, 0.15) is 10.0 Å². The van der Waals surface area contributed by atoms with E-state index in [2.05, 4.69) is 9.98 Å². The molecule has 0 N–H and O–H groups in total. The lowest BCUT2D eigenvalue weighted by Gasteiger charge is -2.29. The molecule has 1 aliphatic rings. The van der Waals surface area contributed by atoms with Crippen LogP contribution in [0.2, 0.25) is 5.15 Å². The number of hydrogen-bond donors (Lipinski definition) is 0. The summed E-state index contributed by atoms with van der Waals surface area (Å²) in [7, 11) is -1.84. The molecule has 3 heterocycles. The summed E-state index contributed by atoms with van der Waals surface area (Å²) in [4.78, 5) is 21.5. The van der Waals surface area contributed by atoms with Crippen molar-refractivity contribution < 1.29 is 13.2 Å². The molecular formula is C19H19ClN4O3S2. The number of nitrogens with zero attached hydrogens (tertiary/aromatic N) is 4. The first kappa shape index (κ1) is 20.2. The zero-order valence-electron chi connectivity index (χ0n) is 15.7. The number of rotatable bonds is 3. The van der Waals surface area contributed by atoms with Gasteiger partial charge in [0, 0.05) is 32.3 Å². The molecule has 10 heteroatoms. The molecule has 0 atom stereocenters. The largest absolute Gasteiger partial charge is 0.319 e. The molecule has 1 aliphatic heterocycles. The van der Waals surface area contributed by atoms with Crippen molar-refractivity contribution in [1.29, 1.82) is 0 Å². The Morgan fingerprint density at radius 2 is 1.93 bits per heavy atom. The summed E-state index contributed by atoms with van der Waals surface area (Å²) in [6.45, 7) is 0.496. The van der Waals surface area contributed by atoms with E-state index >= 15 is 0 Å². The maximum atomic E-state index is 12.8. The van der Waals surface area contributed by atoms with Crippen molar-refractivity contribution in [2.24, 2.45) is 18.0 Å². The van der Waals surface area contributed by atoms with Crippen molar-refractivity contribution in [2.75, 3.05) is 13.1 Å². The number of sulfonamides is 1. The van der Waals surface area contributed by atoms with E-state index in [1.807, 2.05) is 35.9 Å². The highest BCUT2D eigenvalue weighted by atomic mass is 35.5. The highest BCUT2D eigenvalue weighted by Gasteiger charge is 2.33. The van der Waals surface area contributed by atoms with E-state index in [0.717, 1.165) is 10.2 Å². The SMILES string of the molecule is Cn1c(=NC(=O)C2CCN(S(=O)(=O)c3cccnc3Cl)CC2)sc2ccccc21. The molecule has 2 aromatic heterocycles. The molecule has 0 aliphatic carbocycles. The van der Waals surface area contributed by atoms with Crippen molar-refractivity contribution in [3.8, 4) is 0 Å². The van der Waals surface area contributed by atoms with Crippen molar-refractivity contribution in [3.63, 3.8) is 0 Å². The molecule has 0 saturated carbocycles. The topological polar surface area (TPSA) is 84.6 Å². The van der Waals surface area contributed by atoms with Crippen LogP contribution in [0.3, 0.4) is 0 Å². The van der Waals surface area contributed by atoms with Gasteiger partial charge in [-0.25, -0.2) is 13.4 Å². The average Bonchev–Trinajstić information content (AvgIpc) is 3.04. The summed E-state index contributed by atoms with van der Waals surface area (Å²) in [6.07, 6.45) is 2.30. The number of halogens is 1. The Morgan fingerprint density at radius 1 is 1.21 bits per heavy atom. The third-order valence-corrected chi connectivity index (χ3v) is 8.52. The predicted octanol–water partition coefficient (Wildman–Crippen LogP) is 2.82. The number of para-hydroxylation sites is 1. The Bertz CT molecular complexity index is 1240. The lowest BCUT2D eigenvalue weighted by molar-refractivity contribution is -0.122. The number of benzene rings is 1. The van der Waals surface area contributed by atoms with Gasteiger partial charge < -0.3 is 4.57 Å². The second-order valence-corrected chi connectivity index (χ2v) is 10.1. The van der Waals surface area contributed by atoms with E-state index in [1.54, 1.807) is 6.07 Å². The van der Waals surface area contributed by atoms with Gasteiger partial charge >= 0.3 is 0 Å². The maximum Gasteiger partial charge on any atom is 0.251 e. The minimum absolute atomic E-state index is 0.00608. The molecule has 0 unspecified atom stereocenters. The summed E-state index contributed by atoms with van der Waals surface area (Å²) in [5.41, 5.74) is 1.03. The van der Waals surface area contributed by atoms with Gasteiger partial charge in [0.15, 0.2) is 4.80 Å². The third kappa shape index (κ3) is 3.87. The molecule has 0 bridgehead atoms. The number of pyridine rings is 1. The summed E-state index contributed by atoms with van der Waals surface area (Å²) >= 11 is 7.43. The first-order valence-electron chi connectivity index (χ1n) is 9.12. The van der Waals surface area contributed by atoms with Crippen molar-refractivity contribution in [1.82, 2.24) is 13.9 Å². The Balaban J connectivity index is 1.50. The van der Waals surface area contributed by atoms with Gasteiger partial charge in [-0.15, -0.1) is 0 Å². The summed E-state index contributed by atoms with van der Waals surface area (Å²) < 4.78 is 30.0. The number of piperidine rings is 1. The minimum Gasteiger partial charge on any atom is -0.319 e. The molecule has 152 valence electrons. The highest BCUT2D eigenvalue weighted by Crippen LogP contribution is 2.27. The fourth-order valence-corrected chi connectivity index (χ4v) is 6.34. The first-order chi connectivity index (χ1) is 13.9. The zero-order valence-corrected chi connectivity index (χ0v) is 18.0. The van der Waals surface area contributed by atoms with Crippen molar-refractivity contribution in [2.45, 2.75) is 17.7 Å². The van der Waals surface area contributed by atoms with Crippen LogP contribution in [0.15, 0.2) is 52.5 Å². The predicted molar refractivity (Wildman–Crippen MR) is 112 cm³/mol. The smallest absolute Gasteiger partial charge is 0.251 e. The second kappa shape index (κ2) is 7.98. The van der Waals surface area contributed by atoms with Crippen LogP contribution in [0, 0.1) is 5.92 Å². The molecule has 0 spiro atoms. The number of aromatic nitrogens is 2. The molecule has 0 radical (unpaired) electrons. The van der Waals surface area contributed by atoms with Crippen LogP contribution in [-0.2, 0) is 21.9 Å². The van der Waals surface area contributed by atoms with Gasteiger partial charge in [0.05, 0.1) is 10.2 Å². The number of fused-ring (bicyclic) bond motifs is 1. The number of carbonyl (C=O) groups excluding carboxylic acids is 1. The fraction of sp³-hybridized carbons (Fsp3) is 0.316. The quantitative estimate of drug-likeness (QED) is 0.574. The van der Waals surface area contributed by atoms with Gasteiger partial charge in [0.25, 0.3) is 5.91 Å². The van der Waals surface area contributed by atoms with Crippen LogP contribution in [0.1, 0.15) is 12.8 Å². The minimum atomic E-state index is -3.73. The Morgan fingerprint density at radius 3 is 2.62 bits per heavy atom. The van der Waals surface area contributed by atoms with Crippen LogP contribution in [-0.4, -0.2) is 41.3 Å². The van der Waals surface area contributed by atoms with E-state index in [1.165, 1.54) is 27.9 Å². The number of hydrogen-bond acceptors (Lipinski definition) is 5. The number of amides is 1. The van der Waals surface area contributed by atoms with E-state index < -0.39 is 10.0 Å². The Kier molecular flexibility index (Phi) is 5.56. The second-order valence-electron chi connectivity index (χ2n) is 6.83. The molecule has 4 rings (SSSR count). The van der Waals surface area contributed by atoms with Crippen LogP contribution in [0.25, 0.3) is 10.2 Å². The number of carbonyl (C=O) groups is 1. The molecule has 1 saturated heterocycles. The summed E-state index contributed by atoms with van der Waals surface area (Å²) in [5.74, 6) is -0.500. The van der Waals surface area contributed by atoms with Gasteiger partial charge in [-0.05, 0) is 37.1 Å². The zero-order chi connectivity index (χ0) is 20.6.